The fourth-order valence-electron chi connectivity index (χ4n) is 3.49. The van der Waals surface area contributed by atoms with Crippen molar-refractivity contribution in [2.24, 2.45) is 0 Å². The van der Waals surface area contributed by atoms with Gasteiger partial charge in [-0.3, -0.25) is 4.79 Å². The highest BCUT2D eigenvalue weighted by atomic mass is 32.2. The first-order chi connectivity index (χ1) is 14.4. The highest BCUT2D eigenvalue weighted by Gasteiger charge is 2.41. The SMILES string of the molecule is C=CCC(=O)NCCC1CCOc2ccc(SC(c3ccccc3)C(F)(F)F)cc21. The largest absolute Gasteiger partial charge is 0.493 e. The normalized spacial score (nSPS) is 16.8. The number of ether oxygens (including phenoxy) is 1. The van der Waals surface area contributed by atoms with Crippen LogP contribution in [0.25, 0.3) is 0 Å². The van der Waals surface area contributed by atoms with Crippen molar-refractivity contribution in [1.82, 2.24) is 5.32 Å². The van der Waals surface area contributed by atoms with Crippen LogP contribution < -0.4 is 10.1 Å². The zero-order valence-corrected chi connectivity index (χ0v) is 17.3. The maximum Gasteiger partial charge on any atom is 0.404 e. The van der Waals surface area contributed by atoms with E-state index in [1.54, 1.807) is 42.5 Å². The Morgan fingerprint density at radius 3 is 2.73 bits per heavy atom. The molecule has 30 heavy (non-hydrogen) atoms. The van der Waals surface area contributed by atoms with E-state index in [-0.39, 0.29) is 23.8 Å². The minimum absolute atomic E-state index is 0.0857. The van der Waals surface area contributed by atoms with E-state index in [0.717, 1.165) is 23.7 Å². The van der Waals surface area contributed by atoms with Crippen molar-refractivity contribution in [3.63, 3.8) is 0 Å². The van der Waals surface area contributed by atoms with Crippen molar-refractivity contribution in [1.29, 1.82) is 0 Å². The summed E-state index contributed by atoms with van der Waals surface area (Å²) in [5, 5.41) is 1.20. The van der Waals surface area contributed by atoms with Gasteiger partial charge in [0.2, 0.25) is 5.91 Å². The molecule has 2 aromatic carbocycles. The molecule has 0 aromatic heterocycles. The van der Waals surface area contributed by atoms with Crippen LogP contribution in [0.2, 0.25) is 0 Å². The first-order valence-electron chi connectivity index (χ1n) is 9.81. The van der Waals surface area contributed by atoms with Gasteiger partial charge in [0, 0.05) is 17.9 Å². The topological polar surface area (TPSA) is 38.3 Å². The van der Waals surface area contributed by atoms with E-state index < -0.39 is 11.4 Å². The molecule has 1 N–H and O–H groups in total. The molecule has 0 fully saturated rings. The molecule has 0 bridgehead atoms. The Labute approximate surface area is 178 Å². The van der Waals surface area contributed by atoms with Gasteiger partial charge in [-0.15, -0.1) is 18.3 Å². The van der Waals surface area contributed by atoms with E-state index in [0.29, 0.717) is 30.2 Å². The minimum Gasteiger partial charge on any atom is -0.493 e. The number of rotatable bonds is 8. The van der Waals surface area contributed by atoms with Crippen molar-refractivity contribution >= 4 is 17.7 Å². The molecule has 0 radical (unpaired) electrons. The lowest BCUT2D eigenvalue weighted by molar-refractivity contribution is -0.129. The third-order valence-corrected chi connectivity index (χ3v) is 6.24. The average molecular weight is 436 g/mol. The first-order valence-corrected chi connectivity index (χ1v) is 10.7. The highest BCUT2D eigenvalue weighted by molar-refractivity contribution is 7.99. The van der Waals surface area contributed by atoms with Gasteiger partial charge in [0.1, 0.15) is 11.0 Å². The predicted octanol–water partition coefficient (Wildman–Crippen LogP) is 6.03. The maximum atomic E-state index is 13.7. The van der Waals surface area contributed by atoms with Gasteiger partial charge < -0.3 is 10.1 Å². The van der Waals surface area contributed by atoms with E-state index in [1.165, 1.54) is 12.1 Å². The van der Waals surface area contributed by atoms with Crippen LogP contribution in [0.4, 0.5) is 13.2 Å². The number of halogens is 3. The molecule has 3 rings (SSSR count). The number of hydrogen-bond acceptors (Lipinski definition) is 3. The minimum atomic E-state index is -4.37. The van der Waals surface area contributed by atoms with Crippen molar-refractivity contribution in [3.8, 4) is 5.75 Å². The zero-order chi connectivity index (χ0) is 21.6. The number of thioether (sulfide) groups is 1. The number of alkyl halides is 3. The first kappa shape index (κ1) is 22.3. The molecule has 3 nitrogen and oxygen atoms in total. The Hall–Kier alpha value is -2.41. The summed E-state index contributed by atoms with van der Waals surface area (Å²) in [5.41, 5.74) is 1.13. The standard InChI is InChI=1S/C23H24F3NO2S/c1-2-6-21(28)27-13-11-16-12-14-29-20-10-9-18(15-19(16)20)30-22(23(24,25)26)17-7-4-3-5-8-17/h2-5,7-10,15-16,22H,1,6,11-14H2,(H,27,28). The smallest absolute Gasteiger partial charge is 0.404 e. The Kier molecular flexibility index (Phi) is 7.48. The Balaban J connectivity index is 1.76. The third-order valence-electron chi connectivity index (χ3n) is 4.94. The number of carbonyl (C=O) groups excluding carboxylic acids is 1. The second kappa shape index (κ2) is 10.1. The highest BCUT2D eigenvalue weighted by Crippen LogP contribution is 2.48. The number of carbonyl (C=O) groups is 1. The molecular formula is C23H24F3NO2S. The van der Waals surface area contributed by atoms with Gasteiger partial charge in [-0.2, -0.15) is 13.2 Å². The van der Waals surface area contributed by atoms with Crippen LogP contribution in [0.5, 0.6) is 5.75 Å². The number of nitrogens with one attached hydrogen (secondary N) is 1. The fourth-order valence-corrected chi connectivity index (χ4v) is 4.53. The molecule has 0 spiro atoms. The Morgan fingerprint density at radius 2 is 2.03 bits per heavy atom. The molecular weight excluding hydrogens is 411 g/mol. The number of hydrogen-bond donors (Lipinski definition) is 1. The molecule has 0 saturated heterocycles. The van der Waals surface area contributed by atoms with Gasteiger partial charge in [0.15, 0.2) is 0 Å². The molecule has 2 aromatic rings. The predicted molar refractivity (Wildman–Crippen MR) is 113 cm³/mol. The van der Waals surface area contributed by atoms with Gasteiger partial charge in [-0.05, 0) is 48.1 Å². The average Bonchev–Trinajstić information content (AvgIpc) is 2.72. The summed E-state index contributed by atoms with van der Waals surface area (Å²) in [6.07, 6.45) is -1.09. The second-order valence-corrected chi connectivity index (χ2v) is 8.29. The zero-order valence-electron chi connectivity index (χ0n) is 16.5. The van der Waals surface area contributed by atoms with E-state index in [4.69, 9.17) is 4.74 Å². The van der Waals surface area contributed by atoms with Gasteiger partial charge in [0.05, 0.1) is 6.61 Å². The van der Waals surface area contributed by atoms with Crippen LogP contribution in [0.3, 0.4) is 0 Å². The molecule has 2 atom stereocenters. The molecule has 1 amide bonds. The van der Waals surface area contributed by atoms with Crippen LogP contribution in [0.15, 0.2) is 66.1 Å². The fraction of sp³-hybridized carbons (Fsp3) is 0.348. The summed E-state index contributed by atoms with van der Waals surface area (Å²) < 4.78 is 46.9. The second-order valence-electron chi connectivity index (χ2n) is 7.12. The molecule has 0 saturated carbocycles. The Bertz CT molecular complexity index is 870. The van der Waals surface area contributed by atoms with Gasteiger partial charge in [0.25, 0.3) is 0 Å². The molecule has 1 heterocycles. The summed E-state index contributed by atoms with van der Waals surface area (Å²) >= 11 is 0.798. The maximum absolute atomic E-state index is 13.7. The quantitative estimate of drug-likeness (QED) is 0.406. The third kappa shape index (κ3) is 5.81. The molecule has 1 aliphatic rings. The van der Waals surface area contributed by atoms with Crippen molar-refractivity contribution in [2.75, 3.05) is 13.2 Å². The van der Waals surface area contributed by atoms with Crippen molar-refractivity contribution in [3.05, 3.63) is 72.3 Å². The lowest BCUT2D eigenvalue weighted by Gasteiger charge is -2.27. The molecule has 160 valence electrons. The van der Waals surface area contributed by atoms with E-state index in [9.17, 15) is 18.0 Å². The summed E-state index contributed by atoms with van der Waals surface area (Å²) in [4.78, 5) is 12.2. The summed E-state index contributed by atoms with van der Waals surface area (Å²) in [6.45, 7) is 4.60. The van der Waals surface area contributed by atoms with Crippen LogP contribution in [-0.4, -0.2) is 25.2 Å². The van der Waals surface area contributed by atoms with Crippen LogP contribution in [0.1, 0.15) is 41.6 Å². The number of fused-ring (bicyclic) bond motifs is 1. The van der Waals surface area contributed by atoms with Crippen LogP contribution in [-0.2, 0) is 4.79 Å². The van der Waals surface area contributed by atoms with E-state index in [2.05, 4.69) is 11.9 Å². The number of benzene rings is 2. The van der Waals surface area contributed by atoms with Gasteiger partial charge in [-0.25, -0.2) is 0 Å². The summed E-state index contributed by atoms with van der Waals surface area (Å²) in [6, 6.07) is 13.2. The van der Waals surface area contributed by atoms with E-state index >= 15 is 0 Å². The summed E-state index contributed by atoms with van der Waals surface area (Å²) in [5.74, 6) is 0.744. The monoisotopic (exact) mass is 435 g/mol. The molecule has 2 unspecified atom stereocenters. The van der Waals surface area contributed by atoms with Gasteiger partial charge >= 0.3 is 6.18 Å². The van der Waals surface area contributed by atoms with Crippen molar-refractivity contribution < 1.29 is 22.7 Å². The molecule has 0 aliphatic carbocycles. The lowest BCUT2D eigenvalue weighted by atomic mass is 9.90. The Morgan fingerprint density at radius 1 is 1.27 bits per heavy atom. The van der Waals surface area contributed by atoms with Crippen LogP contribution >= 0.6 is 11.8 Å². The number of amides is 1. The molecule has 7 heteroatoms. The van der Waals surface area contributed by atoms with E-state index in [1.807, 2.05) is 0 Å². The lowest BCUT2D eigenvalue weighted by Crippen LogP contribution is -2.26. The van der Waals surface area contributed by atoms with Crippen LogP contribution in [0, 0.1) is 0 Å². The van der Waals surface area contributed by atoms with Gasteiger partial charge in [-0.1, -0.05) is 36.4 Å². The van der Waals surface area contributed by atoms with Crippen molar-refractivity contribution in [2.45, 2.75) is 41.5 Å². The summed E-state index contributed by atoms with van der Waals surface area (Å²) in [7, 11) is 0. The molecule has 1 aliphatic heterocycles.